The van der Waals surface area contributed by atoms with Gasteiger partial charge in [-0.3, -0.25) is 4.90 Å². The van der Waals surface area contributed by atoms with Crippen molar-refractivity contribution in [3.8, 4) is 11.5 Å². The van der Waals surface area contributed by atoms with E-state index in [0.717, 1.165) is 56.1 Å². The molecule has 4 nitrogen and oxygen atoms in total. The molecule has 7 heteroatoms. The first kappa shape index (κ1) is 20.0. The molecule has 2 aromatic rings. The van der Waals surface area contributed by atoms with Crippen molar-refractivity contribution in [3.63, 3.8) is 0 Å². The van der Waals surface area contributed by atoms with Gasteiger partial charge in [-0.1, -0.05) is 24.3 Å². The molecule has 0 radical (unpaired) electrons. The molecule has 2 aliphatic heterocycles. The van der Waals surface area contributed by atoms with E-state index in [4.69, 9.17) is 9.47 Å². The normalized spacial score (nSPS) is 22.0. The third kappa shape index (κ3) is 5.03. The number of ether oxygens (including phenoxy) is 2. The molecule has 0 amide bonds. The summed E-state index contributed by atoms with van der Waals surface area (Å²) >= 11 is 0. The van der Waals surface area contributed by atoms with Gasteiger partial charge in [0.25, 0.3) is 0 Å². The molecular weight excluding hydrogens is 381 g/mol. The Morgan fingerprint density at radius 2 is 1.79 bits per heavy atom. The summed E-state index contributed by atoms with van der Waals surface area (Å²) in [5, 5.41) is 3.37. The van der Waals surface area contributed by atoms with Gasteiger partial charge < -0.3 is 14.8 Å². The van der Waals surface area contributed by atoms with Crippen LogP contribution in [0.15, 0.2) is 48.5 Å². The SMILES string of the molecule is FC(F)(F)c1ccc(CC2CNCN2CCCC2COc3ccccc3O2)cc1. The van der Waals surface area contributed by atoms with Gasteiger partial charge in [0.2, 0.25) is 0 Å². The van der Waals surface area contributed by atoms with Crippen molar-refractivity contribution < 1.29 is 22.6 Å². The first-order valence-electron chi connectivity index (χ1n) is 9.98. The van der Waals surface area contributed by atoms with Crippen LogP contribution < -0.4 is 14.8 Å². The van der Waals surface area contributed by atoms with E-state index >= 15 is 0 Å². The smallest absolute Gasteiger partial charge is 0.416 e. The van der Waals surface area contributed by atoms with E-state index in [2.05, 4.69) is 10.2 Å². The van der Waals surface area contributed by atoms with Gasteiger partial charge in [0.05, 0.1) is 5.56 Å². The second-order valence-electron chi connectivity index (χ2n) is 7.62. The lowest BCUT2D eigenvalue weighted by atomic mass is 10.0. The maximum atomic E-state index is 12.7. The Labute approximate surface area is 168 Å². The van der Waals surface area contributed by atoms with Crippen molar-refractivity contribution in [2.24, 2.45) is 0 Å². The average molecular weight is 406 g/mol. The number of halogens is 3. The molecule has 2 heterocycles. The highest BCUT2D eigenvalue weighted by atomic mass is 19.4. The van der Waals surface area contributed by atoms with Crippen LogP contribution in [-0.4, -0.2) is 43.4 Å². The molecule has 29 heavy (non-hydrogen) atoms. The van der Waals surface area contributed by atoms with Crippen LogP contribution in [-0.2, 0) is 12.6 Å². The minimum Gasteiger partial charge on any atom is -0.486 e. The van der Waals surface area contributed by atoms with Crippen molar-refractivity contribution in [2.45, 2.75) is 37.6 Å². The summed E-state index contributed by atoms with van der Waals surface area (Å²) in [5.41, 5.74) is 0.330. The summed E-state index contributed by atoms with van der Waals surface area (Å²) < 4.78 is 49.9. The second kappa shape index (κ2) is 8.63. The molecule has 0 aliphatic carbocycles. The largest absolute Gasteiger partial charge is 0.486 e. The minimum atomic E-state index is -4.29. The lowest BCUT2D eigenvalue weighted by Crippen LogP contribution is -2.35. The number of fused-ring (bicyclic) bond motifs is 1. The third-order valence-corrected chi connectivity index (χ3v) is 5.50. The number of nitrogens with zero attached hydrogens (tertiary/aromatic N) is 1. The highest BCUT2D eigenvalue weighted by molar-refractivity contribution is 5.40. The number of para-hydroxylation sites is 2. The Morgan fingerprint density at radius 3 is 2.55 bits per heavy atom. The van der Waals surface area contributed by atoms with E-state index < -0.39 is 11.7 Å². The second-order valence-corrected chi connectivity index (χ2v) is 7.62. The number of rotatable bonds is 6. The number of hydrogen-bond donors (Lipinski definition) is 1. The Kier molecular flexibility index (Phi) is 5.96. The van der Waals surface area contributed by atoms with E-state index in [1.54, 1.807) is 12.1 Å². The summed E-state index contributed by atoms with van der Waals surface area (Å²) in [6.07, 6.45) is -1.63. The number of hydrogen-bond acceptors (Lipinski definition) is 4. The van der Waals surface area contributed by atoms with Crippen LogP contribution in [0.1, 0.15) is 24.0 Å². The van der Waals surface area contributed by atoms with Gasteiger partial charge in [-0.05, 0) is 55.6 Å². The van der Waals surface area contributed by atoms with E-state index in [9.17, 15) is 13.2 Å². The van der Waals surface area contributed by atoms with Gasteiger partial charge in [-0.25, -0.2) is 0 Å². The molecule has 2 aliphatic rings. The summed E-state index contributed by atoms with van der Waals surface area (Å²) in [7, 11) is 0. The Balaban J connectivity index is 1.25. The predicted molar refractivity (Wildman–Crippen MR) is 104 cm³/mol. The van der Waals surface area contributed by atoms with Gasteiger partial charge in [0, 0.05) is 19.3 Å². The van der Waals surface area contributed by atoms with Crippen LogP contribution in [0.3, 0.4) is 0 Å². The Hall–Kier alpha value is -2.25. The third-order valence-electron chi connectivity index (χ3n) is 5.50. The van der Waals surface area contributed by atoms with Gasteiger partial charge in [-0.2, -0.15) is 13.2 Å². The fourth-order valence-corrected chi connectivity index (χ4v) is 3.93. The van der Waals surface area contributed by atoms with Crippen LogP contribution in [0.4, 0.5) is 13.2 Å². The van der Waals surface area contributed by atoms with Gasteiger partial charge in [0.1, 0.15) is 12.7 Å². The van der Waals surface area contributed by atoms with Crippen molar-refractivity contribution in [1.29, 1.82) is 0 Å². The van der Waals surface area contributed by atoms with Gasteiger partial charge >= 0.3 is 6.18 Å². The van der Waals surface area contributed by atoms with E-state index in [0.29, 0.717) is 6.61 Å². The standard InChI is InChI=1S/C22H25F3N2O2/c23-22(24,25)17-9-7-16(8-10-17)12-18-13-26-15-27(18)11-3-4-19-14-28-20-5-1-2-6-21(20)29-19/h1-2,5-10,18-19,26H,3-4,11-15H2. The Morgan fingerprint density at radius 1 is 1.03 bits per heavy atom. The van der Waals surface area contributed by atoms with Crippen molar-refractivity contribution in [1.82, 2.24) is 10.2 Å². The average Bonchev–Trinajstić information content (AvgIpc) is 3.14. The van der Waals surface area contributed by atoms with Crippen LogP contribution in [0.2, 0.25) is 0 Å². The van der Waals surface area contributed by atoms with Crippen LogP contribution >= 0.6 is 0 Å². The summed E-state index contributed by atoms with van der Waals surface area (Å²) in [6, 6.07) is 13.5. The highest BCUT2D eigenvalue weighted by Gasteiger charge is 2.30. The fraction of sp³-hybridized carbons (Fsp3) is 0.455. The lowest BCUT2D eigenvalue weighted by molar-refractivity contribution is -0.137. The maximum Gasteiger partial charge on any atom is 0.416 e. The predicted octanol–water partition coefficient (Wildman–Crippen LogP) is 4.10. The van der Waals surface area contributed by atoms with Crippen LogP contribution in [0.25, 0.3) is 0 Å². The quantitative estimate of drug-likeness (QED) is 0.783. The highest BCUT2D eigenvalue weighted by Crippen LogP contribution is 2.32. The molecule has 2 unspecified atom stereocenters. The fourth-order valence-electron chi connectivity index (χ4n) is 3.93. The monoisotopic (exact) mass is 406 g/mol. The van der Waals surface area contributed by atoms with E-state index in [1.807, 2.05) is 24.3 Å². The number of nitrogens with one attached hydrogen (secondary N) is 1. The van der Waals surface area contributed by atoms with Gasteiger partial charge in [-0.15, -0.1) is 0 Å². The molecule has 1 saturated heterocycles. The zero-order chi connectivity index (χ0) is 20.3. The van der Waals surface area contributed by atoms with E-state index in [1.165, 1.54) is 12.1 Å². The minimum absolute atomic E-state index is 0.0498. The summed E-state index contributed by atoms with van der Waals surface area (Å²) in [4.78, 5) is 2.36. The molecule has 0 spiro atoms. The number of alkyl halides is 3. The zero-order valence-electron chi connectivity index (χ0n) is 16.1. The molecule has 0 bridgehead atoms. The maximum absolute atomic E-state index is 12.7. The van der Waals surface area contributed by atoms with Crippen molar-refractivity contribution >= 4 is 0 Å². The molecular formula is C22H25F3N2O2. The van der Waals surface area contributed by atoms with Gasteiger partial charge in [0.15, 0.2) is 11.5 Å². The van der Waals surface area contributed by atoms with Crippen molar-refractivity contribution in [3.05, 3.63) is 59.7 Å². The van der Waals surface area contributed by atoms with Crippen molar-refractivity contribution in [2.75, 3.05) is 26.4 Å². The summed E-state index contributed by atoms with van der Waals surface area (Å²) in [5.74, 6) is 1.59. The first-order chi connectivity index (χ1) is 14.0. The molecule has 1 fully saturated rings. The molecule has 156 valence electrons. The van der Waals surface area contributed by atoms with Crippen LogP contribution in [0, 0.1) is 0 Å². The topological polar surface area (TPSA) is 33.7 Å². The molecule has 0 aromatic heterocycles. The molecule has 0 saturated carbocycles. The molecule has 1 N–H and O–H groups in total. The Bertz CT molecular complexity index is 810. The lowest BCUT2D eigenvalue weighted by Gasteiger charge is -2.28. The zero-order valence-corrected chi connectivity index (χ0v) is 16.1. The molecule has 2 aromatic carbocycles. The molecule has 4 rings (SSSR count). The van der Waals surface area contributed by atoms with Crippen LogP contribution in [0.5, 0.6) is 11.5 Å². The molecule has 2 atom stereocenters. The van der Waals surface area contributed by atoms with E-state index in [-0.39, 0.29) is 12.1 Å². The summed E-state index contributed by atoms with van der Waals surface area (Å²) in [6.45, 7) is 3.12. The number of benzene rings is 2. The first-order valence-corrected chi connectivity index (χ1v) is 9.98.